The van der Waals surface area contributed by atoms with E-state index in [4.69, 9.17) is 0 Å². The SMILES string of the molecule is CC(CBr)(CBr)CCCOCC(F)(F)F. The van der Waals surface area contributed by atoms with E-state index in [-0.39, 0.29) is 12.0 Å². The lowest BCUT2D eigenvalue weighted by atomic mass is 9.91. The summed E-state index contributed by atoms with van der Waals surface area (Å²) >= 11 is 6.76. The average molecular weight is 356 g/mol. The predicted octanol–water partition coefficient (Wildman–Crippen LogP) is 4.14. The molecule has 6 heteroatoms. The molecule has 0 N–H and O–H groups in total. The average Bonchev–Trinajstić information content (AvgIpc) is 2.15. The van der Waals surface area contributed by atoms with Gasteiger partial charge in [0, 0.05) is 17.3 Å². The van der Waals surface area contributed by atoms with Crippen LogP contribution in [-0.2, 0) is 4.74 Å². The Morgan fingerprint density at radius 2 is 1.67 bits per heavy atom. The molecule has 0 rings (SSSR count). The molecular formula is C9H15Br2F3O. The molecule has 0 spiro atoms. The molecule has 0 aliphatic heterocycles. The number of halogens is 5. The Morgan fingerprint density at radius 3 is 2.07 bits per heavy atom. The van der Waals surface area contributed by atoms with Crippen molar-refractivity contribution in [1.29, 1.82) is 0 Å². The Hall–Kier alpha value is 0.710. The van der Waals surface area contributed by atoms with Crippen LogP contribution in [0.2, 0.25) is 0 Å². The third-order valence-corrected chi connectivity index (χ3v) is 4.69. The van der Waals surface area contributed by atoms with Crippen LogP contribution in [0, 0.1) is 5.41 Å². The number of rotatable bonds is 7. The van der Waals surface area contributed by atoms with Gasteiger partial charge in [0.25, 0.3) is 0 Å². The number of hydrogen-bond donors (Lipinski definition) is 0. The van der Waals surface area contributed by atoms with Gasteiger partial charge in [0.1, 0.15) is 6.61 Å². The minimum absolute atomic E-state index is 0.0849. The van der Waals surface area contributed by atoms with Gasteiger partial charge in [0.2, 0.25) is 0 Å². The second-order valence-corrected chi connectivity index (χ2v) is 4.97. The highest BCUT2D eigenvalue weighted by Crippen LogP contribution is 2.28. The molecule has 0 bridgehead atoms. The van der Waals surface area contributed by atoms with Crippen LogP contribution < -0.4 is 0 Å². The molecule has 0 fully saturated rings. The van der Waals surface area contributed by atoms with Crippen molar-refractivity contribution in [2.75, 3.05) is 23.9 Å². The molecule has 0 aromatic rings. The predicted molar refractivity (Wildman–Crippen MR) is 61.8 cm³/mol. The third kappa shape index (κ3) is 8.51. The fourth-order valence-corrected chi connectivity index (χ4v) is 2.45. The minimum atomic E-state index is -4.21. The van der Waals surface area contributed by atoms with E-state index in [0.717, 1.165) is 17.1 Å². The van der Waals surface area contributed by atoms with Gasteiger partial charge in [-0.1, -0.05) is 38.8 Å². The van der Waals surface area contributed by atoms with E-state index in [2.05, 4.69) is 43.5 Å². The Labute approximate surface area is 105 Å². The first-order valence-corrected chi connectivity index (χ1v) is 6.84. The third-order valence-electron chi connectivity index (χ3n) is 1.98. The summed E-state index contributed by atoms with van der Waals surface area (Å²) in [5.74, 6) is 0. The van der Waals surface area contributed by atoms with Crippen LogP contribution in [0.1, 0.15) is 19.8 Å². The molecule has 0 aromatic carbocycles. The maximum absolute atomic E-state index is 11.7. The maximum atomic E-state index is 11.7. The van der Waals surface area contributed by atoms with Crippen molar-refractivity contribution in [1.82, 2.24) is 0 Å². The molecule has 0 atom stereocenters. The van der Waals surface area contributed by atoms with Gasteiger partial charge >= 0.3 is 6.18 Å². The Morgan fingerprint density at radius 1 is 1.13 bits per heavy atom. The highest BCUT2D eigenvalue weighted by atomic mass is 79.9. The molecule has 0 aliphatic carbocycles. The van der Waals surface area contributed by atoms with Crippen molar-refractivity contribution in [2.24, 2.45) is 5.41 Å². The van der Waals surface area contributed by atoms with Crippen molar-refractivity contribution in [3.05, 3.63) is 0 Å². The summed E-state index contributed by atoms with van der Waals surface area (Å²) in [5.41, 5.74) is 0.0849. The zero-order valence-electron chi connectivity index (χ0n) is 8.54. The normalized spacial score (nSPS) is 13.2. The van der Waals surface area contributed by atoms with Gasteiger partial charge < -0.3 is 4.74 Å². The summed E-state index contributed by atoms with van der Waals surface area (Å²) in [6.07, 6.45) is -2.74. The molecule has 0 aliphatic rings. The van der Waals surface area contributed by atoms with Crippen LogP contribution in [0.25, 0.3) is 0 Å². The van der Waals surface area contributed by atoms with Crippen LogP contribution in [0.5, 0.6) is 0 Å². The van der Waals surface area contributed by atoms with Crippen molar-refractivity contribution < 1.29 is 17.9 Å². The first kappa shape index (κ1) is 15.7. The fourth-order valence-electron chi connectivity index (χ4n) is 0.958. The lowest BCUT2D eigenvalue weighted by molar-refractivity contribution is -0.174. The van der Waals surface area contributed by atoms with Crippen molar-refractivity contribution in [3.8, 4) is 0 Å². The highest BCUT2D eigenvalue weighted by molar-refractivity contribution is 9.09. The summed E-state index contributed by atoms with van der Waals surface area (Å²) in [5, 5.41) is 1.65. The van der Waals surface area contributed by atoms with Crippen LogP contribution in [0.3, 0.4) is 0 Å². The first-order valence-electron chi connectivity index (χ1n) is 4.59. The largest absolute Gasteiger partial charge is 0.411 e. The van der Waals surface area contributed by atoms with Gasteiger partial charge in [-0.3, -0.25) is 0 Å². The van der Waals surface area contributed by atoms with Crippen LogP contribution in [-0.4, -0.2) is 30.1 Å². The standard InChI is InChI=1S/C9H15Br2F3O/c1-8(5-10,6-11)3-2-4-15-7-9(12,13)14/h2-7H2,1H3. The quantitative estimate of drug-likeness (QED) is 0.492. The van der Waals surface area contributed by atoms with Crippen LogP contribution in [0.15, 0.2) is 0 Å². The van der Waals surface area contributed by atoms with Crippen LogP contribution in [0.4, 0.5) is 13.2 Å². The lowest BCUT2D eigenvalue weighted by Gasteiger charge is -2.24. The van der Waals surface area contributed by atoms with E-state index in [1.807, 2.05) is 0 Å². The molecule has 0 heterocycles. The van der Waals surface area contributed by atoms with E-state index >= 15 is 0 Å². The number of hydrogen-bond acceptors (Lipinski definition) is 1. The molecule has 0 amide bonds. The number of ether oxygens (including phenoxy) is 1. The van der Waals surface area contributed by atoms with Gasteiger partial charge in [0.15, 0.2) is 0 Å². The Kier molecular flexibility index (Phi) is 7.45. The zero-order chi connectivity index (χ0) is 11.9. The molecule has 15 heavy (non-hydrogen) atoms. The summed E-state index contributed by atoms with van der Waals surface area (Å²) in [6, 6.07) is 0. The smallest absolute Gasteiger partial charge is 0.372 e. The van der Waals surface area contributed by atoms with Gasteiger partial charge in [-0.2, -0.15) is 13.2 Å². The second kappa shape index (κ2) is 7.12. The Balaban J connectivity index is 3.54. The van der Waals surface area contributed by atoms with E-state index in [9.17, 15) is 13.2 Å². The van der Waals surface area contributed by atoms with E-state index in [1.165, 1.54) is 0 Å². The molecule has 0 unspecified atom stereocenters. The van der Waals surface area contributed by atoms with E-state index < -0.39 is 12.8 Å². The number of alkyl halides is 5. The summed E-state index contributed by atoms with van der Waals surface area (Å²) < 4.78 is 39.7. The van der Waals surface area contributed by atoms with Gasteiger partial charge in [0.05, 0.1) is 0 Å². The summed E-state index contributed by atoms with van der Waals surface area (Å²) in [4.78, 5) is 0. The molecule has 0 aromatic heterocycles. The zero-order valence-corrected chi connectivity index (χ0v) is 11.7. The monoisotopic (exact) mass is 354 g/mol. The Bertz CT molecular complexity index is 169. The molecule has 0 saturated heterocycles. The molecular weight excluding hydrogens is 341 g/mol. The van der Waals surface area contributed by atoms with Crippen molar-refractivity contribution in [2.45, 2.75) is 25.9 Å². The molecule has 0 radical (unpaired) electrons. The minimum Gasteiger partial charge on any atom is -0.372 e. The topological polar surface area (TPSA) is 9.23 Å². The van der Waals surface area contributed by atoms with Crippen molar-refractivity contribution in [3.63, 3.8) is 0 Å². The second-order valence-electron chi connectivity index (χ2n) is 3.85. The van der Waals surface area contributed by atoms with Gasteiger partial charge in [-0.25, -0.2) is 0 Å². The summed E-state index contributed by atoms with van der Waals surface area (Å²) in [7, 11) is 0. The molecule has 92 valence electrons. The lowest BCUT2D eigenvalue weighted by Crippen LogP contribution is -2.22. The first-order chi connectivity index (χ1) is 6.83. The maximum Gasteiger partial charge on any atom is 0.411 e. The fraction of sp³-hybridized carbons (Fsp3) is 1.00. The van der Waals surface area contributed by atoms with Gasteiger partial charge in [-0.05, 0) is 18.3 Å². The molecule has 0 saturated carbocycles. The van der Waals surface area contributed by atoms with E-state index in [0.29, 0.717) is 6.42 Å². The summed E-state index contributed by atoms with van der Waals surface area (Å²) in [6.45, 7) is 1.09. The van der Waals surface area contributed by atoms with Crippen molar-refractivity contribution >= 4 is 31.9 Å². The van der Waals surface area contributed by atoms with Crippen LogP contribution >= 0.6 is 31.9 Å². The highest BCUT2D eigenvalue weighted by Gasteiger charge is 2.27. The van der Waals surface area contributed by atoms with E-state index in [1.54, 1.807) is 0 Å². The van der Waals surface area contributed by atoms with Gasteiger partial charge in [-0.15, -0.1) is 0 Å². The molecule has 1 nitrogen and oxygen atoms in total.